The number of nitrogens with zero attached hydrogens (tertiary/aromatic N) is 4. The summed E-state index contributed by atoms with van der Waals surface area (Å²) >= 11 is 0. The zero-order valence-electron chi connectivity index (χ0n) is 16.1. The van der Waals surface area contributed by atoms with E-state index >= 15 is 0 Å². The summed E-state index contributed by atoms with van der Waals surface area (Å²) in [5.74, 6) is -0.0803. The first-order valence-electron chi connectivity index (χ1n) is 9.52. The second-order valence-electron chi connectivity index (χ2n) is 6.36. The fraction of sp³-hybridized carbons (Fsp3) is 0.632. The molecule has 0 atom stereocenters. The Hall–Kier alpha value is -2.31. The van der Waals surface area contributed by atoms with Crippen molar-refractivity contribution in [1.29, 1.82) is 0 Å². The Labute approximate surface area is 155 Å². The molecule has 2 heterocycles. The van der Waals surface area contributed by atoms with Crippen molar-refractivity contribution in [3.05, 3.63) is 24.0 Å². The maximum Gasteiger partial charge on any atom is 0.409 e. The summed E-state index contributed by atoms with van der Waals surface area (Å²) in [4.78, 5) is 34.5. The molecular weight excluding hydrogens is 332 g/mol. The predicted molar refractivity (Wildman–Crippen MR) is 102 cm³/mol. The average molecular weight is 362 g/mol. The van der Waals surface area contributed by atoms with Crippen molar-refractivity contribution in [3.8, 4) is 0 Å². The van der Waals surface area contributed by atoms with Crippen LogP contribution >= 0.6 is 0 Å². The van der Waals surface area contributed by atoms with Crippen molar-refractivity contribution in [2.24, 2.45) is 0 Å². The normalized spacial score (nSPS) is 14.3. The number of aromatic nitrogens is 1. The lowest BCUT2D eigenvalue weighted by molar-refractivity contribution is 0.0566. The van der Waals surface area contributed by atoms with Gasteiger partial charge in [-0.05, 0) is 31.9 Å². The van der Waals surface area contributed by atoms with Crippen LogP contribution in [0.3, 0.4) is 0 Å². The van der Waals surface area contributed by atoms with Crippen molar-refractivity contribution >= 4 is 17.7 Å². The summed E-state index contributed by atoms with van der Waals surface area (Å²) in [6, 6.07) is 3.84. The maximum atomic E-state index is 12.8. The van der Waals surface area contributed by atoms with Gasteiger partial charge in [0.25, 0.3) is 5.91 Å². The van der Waals surface area contributed by atoms with Gasteiger partial charge < -0.3 is 19.4 Å². The minimum Gasteiger partial charge on any atom is -0.450 e. The lowest BCUT2D eigenvalue weighted by atomic mass is 10.2. The van der Waals surface area contributed by atoms with Crippen LogP contribution in [0.15, 0.2) is 18.3 Å². The van der Waals surface area contributed by atoms with Gasteiger partial charge in [-0.3, -0.25) is 9.78 Å². The van der Waals surface area contributed by atoms with Gasteiger partial charge in [-0.25, -0.2) is 4.79 Å². The second kappa shape index (κ2) is 9.99. The van der Waals surface area contributed by atoms with Gasteiger partial charge in [0, 0.05) is 51.2 Å². The summed E-state index contributed by atoms with van der Waals surface area (Å²) in [6.07, 6.45) is 3.51. The van der Waals surface area contributed by atoms with E-state index in [9.17, 15) is 9.59 Å². The zero-order chi connectivity index (χ0) is 18.9. The van der Waals surface area contributed by atoms with Crippen molar-refractivity contribution in [1.82, 2.24) is 14.8 Å². The number of ether oxygens (including phenoxy) is 1. The van der Waals surface area contributed by atoms with Crippen LogP contribution in [0.1, 0.15) is 44.1 Å². The molecular formula is C19H30N4O3. The molecule has 1 aliphatic rings. The third-order valence-electron chi connectivity index (χ3n) is 4.41. The Bertz CT molecular complexity index is 594. The van der Waals surface area contributed by atoms with Crippen LogP contribution in [-0.4, -0.2) is 72.7 Å². The van der Waals surface area contributed by atoms with Gasteiger partial charge in [0.1, 0.15) is 5.69 Å². The molecule has 1 aromatic rings. The number of rotatable bonds is 7. The zero-order valence-corrected chi connectivity index (χ0v) is 16.1. The van der Waals surface area contributed by atoms with Gasteiger partial charge in [-0.2, -0.15) is 0 Å². The highest BCUT2D eigenvalue weighted by Crippen LogP contribution is 2.17. The summed E-state index contributed by atoms with van der Waals surface area (Å²) < 4.78 is 5.02. The summed E-state index contributed by atoms with van der Waals surface area (Å²) in [7, 11) is 0. The number of carbonyl (C=O) groups is 2. The van der Waals surface area contributed by atoms with Crippen LogP contribution in [0.5, 0.6) is 0 Å². The smallest absolute Gasteiger partial charge is 0.409 e. The fourth-order valence-corrected chi connectivity index (χ4v) is 3.11. The molecule has 0 unspecified atom stereocenters. The van der Waals surface area contributed by atoms with E-state index in [-0.39, 0.29) is 12.0 Å². The van der Waals surface area contributed by atoms with Crippen molar-refractivity contribution in [3.63, 3.8) is 0 Å². The van der Waals surface area contributed by atoms with E-state index in [2.05, 4.69) is 23.7 Å². The molecule has 1 aliphatic heterocycles. The number of hydrogen-bond acceptors (Lipinski definition) is 5. The third kappa shape index (κ3) is 5.09. The van der Waals surface area contributed by atoms with Crippen molar-refractivity contribution in [2.45, 2.75) is 33.6 Å². The number of pyridine rings is 1. The highest BCUT2D eigenvalue weighted by Gasteiger charge is 2.26. The molecule has 2 rings (SSSR count). The first-order chi connectivity index (χ1) is 12.6. The highest BCUT2D eigenvalue weighted by molar-refractivity contribution is 5.93. The van der Waals surface area contributed by atoms with Crippen molar-refractivity contribution in [2.75, 3.05) is 50.8 Å². The monoisotopic (exact) mass is 362 g/mol. The number of hydrogen-bond donors (Lipinski definition) is 0. The first-order valence-corrected chi connectivity index (χ1v) is 9.52. The van der Waals surface area contributed by atoms with E-state index in [1.54, 1.807) is 22.9 Å². The molecule has 7 nitrogen and oxygen atoms in total. The van der Waals surface area contributed by atoms with Crippen LogP contribution in [-0.2, 0) is 4.74 Å². The lowest BCUT2D eigenvalue weighted by Crippen LogP contribution is -2.50. The van der Waals surface area contributed by atoms with Crippen LogP contribution in [0.4, 0.5) is 10.5 Å². The molecule has 0 saturated carbocycles. The molecule has 1 saturated heterocycles. The molecule has 1 fully saturated rings. The molecule has 0 aliphatic carbocycles. The molecule has 0 N–H and O–H groups in total. The largest absolute Gasteiger partial charge is 0.450 e. The predicted octanol–water partition coefficient (Wildman–Crippen LogP) is 2.62. The van der Waals surface area contributed by atoms with E-state index in [1.165, 1.54) is 0 Å². The van der Waals surface area contributed by atoms with Gasteiger partial charge in [-0.15, -0.1) is 0 Å². The molecule has 2 amide bonds. The fourth-order valence-electron chi connectivity index (χ4n) is 3.11. The van der Waals surface area contributed by atoms with E-state index in [0.717, 1.165) is 31.6 Å². The van der Waals surface area contributed by atoms with Crippen LogP contribution in [0, 0.1) is 0 Å². The number of anilines is 1. The number of carbonyl (C=O) groups excluding carboxylic acids is 2. The summed E-state index contributed by atoms with van der Waals surface area (Å²) in [5.41, 5.74) is 1.50. The molecule has 0 aromatic carbocycles. The van der Waals surface area contributed by atoms with E-state index in [4.69, 9.17) is 4.74 Å². The molecule has 0 spiro atoms. The highest BCUT2D eigenvalue weighted by atomic mass is 16.6. The van der Waals surface area contributed by atoms with E-state index in [1.807, 2.05) is 12.1 Å². The minimum absolute atomic E-state index is 0.0803. The second-order valence-corrected chi connectivity index (χ2v) is 6.36. The van der Waals surface area contributed by atoms with E-state index < -0.39 is 0 Å². The summed E-state index contributed by atoms with van der Waals surface area (Å²) in [6.45, 7) is 10.3. The van der Waals surface area contributed by atoms with E-state index in [0.29, 0.717) is 38.5 Å². The Morgan fingerprint density at radius 2 is 1.69 bits per heavy atom. The standard InChI is InChI=1S/C19H30N4O3/c1-4-9-21(10-5-2)16-7-8-20-17(15-16)18(24)22-11-13-23(14-12-22)19(25)26-6-3/h7-8,15H,4-6,9-14H2,1-3H3. The Morgan fingerprint density at radius 3 is 2.27 bits per heavy atom. The molecule has 1 aromatic heterocycles. The topological polar surface area (TPSA) is 66.0 Å². The maximum absolute atomic E-state index is 12.8. The lowest BCUT2D eigenvalue weighted by Gasteiger charge is -2.34. The van der Waals surface area contributed by atoms with Gasteiger partial charge in [0.05, 0.1) is 6.61 Å². The van der Waals surface area contributed by atoms with Gasteiger partial charge in [-0.1, -0.05) is 13.8 Å². The van der Waals surface area contributed by atoms with Crippen LogP contribution in [0.25, 0.3) is 0 Å². The first kappa shape index (κ1) is 20.0. The molecule has 0 bridgehead atoms. The van der Waals surface area contributed by atoms with Gasteiger partial charge >= 0.3 is 6.09 Å². The SMILES string of the molecule is CCCN(CCC)c1ccnc(C(=O)N2CCN(C(=O)OCC)CC2)c1. The minimum atomic E-state index is -0.311. The molecule has 7 heteroatoms. The van der Waals surface area contributed by atoms with Crippen molar-refractivity contribution < 1.29 is 14.3 Å². The Balaban J connectivity index is 2.02. The Kier molecular flexibility index (Phi) is 7.69. The van der Waals surface area contributed by atoms with Gasteiger partial charge in [0.2, 0.25) is 0 Å². The quantitative estimate of drug-likeness (QED) is 0.746. The molecule has 26 heavy (non-hydrogen) atoms. The molecule has 144 valence electrons. The van der Waals surface area contributed by atoms with Crippen LogP contribution < -0.4 is 4.90 Å². The Morgan fingerprint density at radius 1 is 1.08 bits per heavy atom. The van der Waals surface area contributed by atoms with Crippen LogP contribution in [0.2, 0.25) is 0 Å². The third-order valence-corrected chi connectivity index (χ3v) is 4.41. The number of amides is 2. The summed E-state index contributed by atoms with van der Waals surface area (Å²) in [5, 5.41) is 0. The number of piperazine rings is 1. The van der Waals surface area contributed by atoms with Gasteiger partial charge in [0.15, 0.2) is 0 Å². The average Bonchev–Trinajstić information content (AvgIpc) is 2.67. The molecule has 0 radical (unpaired) electrons.